The van der Waals surface area contributed by atoms with E-state index < -0.39 is 0 Å². The molecule has 0 amide bonds. The molecule has 0 aromatic carbocycles. The molecule has 11 heavy (non-hydrogen) atoms. The molecule has 0 heterocycles. The summed E-state index contributed by atoms with van der Waals surface area (Å²) in [6, 6.07) is 0. The van der Waals surface area contributed by atoms with Crippen molar-refractivity contribution in [3.8, 4) is 0 Å². The van der Waals surface area contributed by atoms with Crippen LogP contribution in [0.2, 0.25) is 0 Å². The zero-order valence-corrected chi connectivity index (χ0v) is 9.45. The topological polar surface area (TPSA) is 0 Å². The summed E-state index contributed by atoms with van der Waals surface area (Å²) in [5.74, 6) is 0. The number of hydrogen-bond donors (Lipinski definition) is 0. The maximum absolute atomic E-state index is 5.85. The number of rotatable bonds is 7. The monoisotopic (exact) mass is 194 g/mol. The van der Waals surface area contributed by atoms with Gasteiger partial charge in [0.2, 0.25) is 0 Å². The molecule has 0 spiro atoms. The van der Waals surface area contributed by atoms with Gasteiger partial charge in [0.15, 0.2) is 0 Å². The van der Waals surface area contributed by atoms with Crippen molar-refractivity contribution in [1.82, 2.24) is 0 Å². The first kappa shape index (κ1) is 11.7. The van der Waals surface area contributed by atoms with Crippen molar-refractivity contribution in [3.05, 3.63) is 0 Å². The van der Waals surface area contributed by atoms with Gasteiger partial charge in [-0.2, -0.15) is 0 Å². The van der Waals surface area contributed by atoms with Gasteiger partial charge >= 0.3 is 0 Å². The molecule has 0 aromatic heterocycles. The van der Waals surface area contributed by atoms with Gasteiger partial charge in [0, 0.05) is 0 Å². The van der Waals surface area contributed by atoms with Gasteiger partial charge < -0.3 is 0 Å². The second kappa shape index (κ2) is 8.81. The second-order valence-corrected chi connectivity index (χ2v) is 4.78. The van der Waals surface area contributed by atoms with Gasteiger partial charge in [0.25, 0.3) is 0 Å². The molecule has 2 atom stereocenters. The van der Waals surface area contributed by atoms with E-state index in [0.717, 1.165) is 5.66 Å². The third kappa shape index (κ3) is 7.09. The Morgan fingerprint density at radius 3 is 2.27 bits per heavy atom. The summed E-state index contributed by atoms with van der Waals surface area (Å²) in [5, 5.41) is 0. The lowest BCUT2D eigenvalue weighted by Crippen LogP contribution is -1.97. The Morgan fingerprint density at radius 1 is 1.09 bits per heavy atom. The number of unbranched alkanes of at least 4 members (excludes halogenated alkanes) is 2. The van der Waals surface area contributed by atoms with Crippen molar-refractivity contribution in [1.29, 1.82) is 0 Å². The largest absolute Gasteiger partial charge is 0.0998 e. The van der Waals surface area contributed by atoms with E-state index in [1.54, 1.807) is 0 Å². The normalized spacial score (nSPS) is 14.5. The highest BCUT2D eigenvalue weighted by atomic mass is 35.7. The first-order chi connectivity index (χ1) is 5.35. The van der Waals surface area contributed by atoms with Crippen LogP contribution in [0.4, 0.5) is 0 Å². The molecule has 0 saturated carbocycles. The van der Waals surface area contributed by atoms with Crippen LogP contribution in [0, 0.1) is 0 Å². The SMILES string of the molecule is CCCCCC(CCC)PCl. The fraction of sp³-hybridized carbons (Fsp3) is 1.00. The summed E-state index contributed by atoms with van der Waals surface area (Å²) in [4.78, 5) is 0. The molecule has 68 valence electrons. The fourth-order valence-corrected chi connectivity index (χ4v) is 2.61. The van der Waals surface area contributed by atoms with Crippen LogP contribution in [0.25, 0.3) is 0 Å². The van der Waals surface area contributed by atoms with Gasteiger partial charge in [-0.05, 0) is 26.4 Å². The third-order valence-corrected chi connectivity index (χ3v) is 3.76. The summed E-state index contributed by atoms with van der Waals surface area (Å²) in [6.45, 7) is 4.49. The first-order valence-electron chi connectivity index (χ1n) is 4.71. The highest BCUT2D eigenvalue weighted by Crippen LogP contribution is 2.31. The molecule has 0 fully saturated rings. The van der Waals surface area contributed by atoms with Crippen LogP contribution in [-0.4, -0.2) is 5.66 Å². The highest BCUT2D eigenvalue weighted by Gasteiger charge is 2.04. The van der Waals surface area contributed by atoms with Crippen LogP contribution >= 0.6 is 19.2 Å². The van der Waals surface area contributed by atoms with Gasteiger partial charge in [0.05, 0.1) is 0 Å². The quantitative estimate of drug-likeness (QED) is 0.412. The molecule has 0 radical (unpaired) electrons. The average molecular weight is 195 g/mol. The summed E-state index contributed by atoms with van der Waals surface area (Å²) < 4.78 is 0. The van der Waals surface area contributed by atoms with E-state index in [9.17, 15) is 0 Å². The predicted octanol–water partition coefficient (Wildman–Crippen LogP) is 4.57. The maximum Gasteiger partial charge on any atom is -0.00980 e. The van der Waals surface area contributed by atoms with Crippen LogP contribution in [-0.2, 0) is 0 Å². The Balaban J connectivity index is 3.20. The van der Waals surface area contributed by atoms with Crippen molar-refractivity contribution in [3.63, 3.8) is 0 Å². The lowest BCUT2D eigenvalue weighted by molar-refractivity contribution is 0.613. The molecule has 0 bridgehead atoms. The molecular formula is C9H20ClP. The third-order valence-electron chi connectivity index (χ3n) is 1.95. The van der Waals surface area contributed by atoms with Crippen molar-refractivity contribution >= 4 is 19.2 Å². The van der Waals surface area contributed by atoms with Gasteiger partial charge in [-0.1, -0.05) is 50.8 Å². The van der Waals surface area contributed by atoms with E-state index in [2.05, 4.69) is 13.8 Å². The van der Waals surface area contributed by atoms with Crippen molar-refractivity contribution in [2.75, 3.05) is 0 Å². The van der Waals surface area contributed by atoms with Gasteiger partial charge in [-0.25, -0.2) is 0 Å². The fourth-order valence-electron chi connectivity index (χ4n) is 1.24. The van der Waals surface area contributed by atoms with Crippen LogP contribution in [0.15, 0.2) is 0 Å². The standard InChI is InChI=1S/C9H20ClP/c1-3-5-6-8-9(11-10)7-4-2/h9,11H,3-8H2,1-2H3. The summed E-state index contributed by atoms with van der Waals surface area (Å²) in [7, 11) is 0.639. The summed E-state index contributed by atoms with van der Waals surface area (Å²) in [6.07, 6.45) is 8.04. The van der Waals surface area contributed by atoms with Crippen LogP contribution in [0.1, 0.15) is 52.4 Å². The molecule has 2 heteroatoms. The van der Waals surface area contributed by atoms with Crippen LogP contribution in [0.3, 0.4) is 0 Å². The maximum atomic E-state index is 5.85. The Bertz CT molecular complexity index is 76.0. The van der Waals surface area contributed by atoms with E-state index in [1.165, 1.54) is 38.5 Å². The minimum absolute atomic E-state index is 0.639. The molecule has 0 aliphatic carbocycles. The van der Waals surface area contributed by atoms with Crippen molar-refractivity contribution in [2.24, 2.45) is 0 Å². The summed E-state index contributed by atoms with van der Waals surface area (Å²) >= 11 is 5.85. The lowest BCUT2D eigenvalue weighted by Gasteiger charge is -2.10. The molecular weight excluding hydrogens is 175 g/mol. The minimum Gasteiger partial charge on any atom is -0.0998 e. The van der Waals surface area contributed by atoms with E-state index >= 15 is 0 Å². The van der Waals surface area contributed by atoms with E-state index in [4.69, 9.17) is 11.2 Å². The zero-order chi connectivity index (χ0) is 8.53. The Labute approximate surface area is 77.7 Å². The molecule has 0 N–H and O–H groups in total. The number of hydrogen-bond acceptors (Lipinski definition) is 0. The lowest BCUT2D eigenvalue weighted by atomic mass is 10.1. The van der Waals surface area contributed by atoms with E-state index in [1.807, 2.05) is 0 Å². The van der Waals surface area contributed by atoms with Crippen LogP contribution < -0.4 is 0 Å². The molecule has 0 rings (SSSR count). The smallest absolute Gasteiger partial charge is 0.00980 e. The Hall–Kier alpha value is 0.720. The molecule has 0 nitrogen and oxygen atoms in total. The van der Waals surface area contributed by atoms with Crippen molar-refractivity contribution < 1.29 is 0 Å². The molecule has 0 aromatic rings. The summed E-state index contributed by atoms with van der Waals surface area (Å²) in [5.41, 5.74) is 0.813. The van der Waals surface area contributed by atoms with Gasteiger partial charge in [-0.3, -0.25) is 0 Å². The molecule has 0 aliphatic rings. The minimum atomic E-state index is 0.639. The predicted molar refractivity (Wildman–Crippen MR) is 57.0 cm³/mol. The molecule has 0 aliphatic heterocycles. The second-order valence-electron chi connectivity index (χ2n) is 3.09. The zero-order valence-electron chi connectivity index (χ0n) is 7.70. The molecule has 2 unspecified atom stereocenters. The van der Waals surface area contributed by atoms with Crippen LogP contribution in [0.5, 0.6) is 0 Å². The van der Waals surface area contributed by atoms with E-state index in [0.29, 0.717) is 7.93 Å². The first-order valence-corrected chi connectivity index (χ1v) is 6.80. The van der Waals surface area contributed by atoms with Gasteiger partial charge in [-0.15, -0.1) is 0 Å². The van der Waals surface area contributed by atoms with Gasteiger partial charge in [0.1, 0.15) is 0 Å². The highest BCUT2D eigenvalue weighted by molar-refractivity contribution is 7.69. The average Bonchev–Trinajstić information content (AvgIpc) is 2.03. The number of halogens is 1. The Morgan fingerprint density at radius 2 is 1.82 bits per heavy atom. The van der Waals surface area contributed by atoms with E-state index in [-0.39, 0.29) is 0 Å². The van der Waals surface area contributed by atoms with Crippen molar-refractivity contribution in [2.45, 2.75) is 58.0 Å². The molecule has 0 saturated heterocycles. The Kier molecular flexibility index (Phi) is 9.39.